The van der Waals surface area contributed by atoms with Crippen molar-refractivity contribution in [2.75, 3.05) is 5.32 Å². The topological polar surface area (TPSA) is 72.5 Å². The molecule has 0 atom stereocenters. The molecule has 1 amide bonds. The molecule has 5 nitrogen and oxygen atoms in total. The lowest BCUT2D eigenvalue weighted by molar-refractivity contribution is 0.102. The van der Waals surface area contributed by atoms with Crippen LogP contribution in [0.3, 0.4) is 0 Å². The fraction of sp³-hybridized carbons (Fsp3) is 0. The molecule has 0 radical (unpaired) electrons. The van der Waals surface area contributed by atoms with E-state index >= 15 is 0 Å². The number of benzene rings is 3. The maximum atomic E-state index is 12.8. The highest BCUT2D eigenvalue weighted by Crippen LogP contribution is 2.39. The Balaban J connectivity index is 1.79. The number of hydrogen-bond donors (Lipinski definition) is 1. The van der Waals surface area contributed by atoms with E-state index in [-0.39, 0.29) is 11.3 Å². The number of anilines is 1. The Morgan fingerprint density at radius 3 is 2.17 bits per heavy atom. The Hall–Kier alpha value is -4.12. The van der Waals surface area contributed by atoms with Gasteiger partial charge >= 0.3 is 5.63 Å². The minimum Gasteiger partial charge on any atom is -0.453 e. The molecule has 0 aliphatic rings. The summed E-state index contributed by atoms with van der Waals surface area (Å²) in [6.45, 7) is 0. The van der Waals surface area contributed by atoms with Crippen LogP contribution in [0.2, 0.25) is 0 Å². The van der Waals surface area contributed by atoms with Crippen LogP contribution in [0.15, 0.2) is 98.6 Å². The maximum absolute atomic E-state index is 12.8. The van der Waals surface area contributed by atoms with E-state index in [4.69, 9.17) is 8.83 Å². The highest BCUT2D eigenvalue weighted by atomic mass is 16.4. The quantitative estimate of drug-likeness (QED) is 0.421. The number of carbonyl (C=O) groups excluding carboxylic acids is 1. The molecule has 5 heteroatoms. The molecule has 140 valence electrons. The molecule has 0 spiro atoms. The zero-order chi connectivity index (χ0) is 19.8. The Kier molecular flexibility index (Phi) is 3.99. The molecular weight excluding hydrogens is 366 g/mol. The largest absolute Gasteiger partial charge is 0.453 e. The average Bonchev–Trinajstić information content (AvgIpc) is 3.15. The molecule has 2 aromatic heterocycles. The first-order valence-corrected chi connectivity index (χ1v) is 9.12. The molecule has 0 unspecified atom stereocenters. The summed E-state index contributed by atoms with van der Waals surface area (Å²) in [4.78, 5) is 25.6. The lowest BCUT2D eigenvalue weighted by atomic mass is 10.1. The van der Waals surface area contributed by atoms with Gasteiger partial charge in [0.1, 0.15) is 16.7 Å². The van der Waals surface area contributed by atoms with Crippen molar-refractivity contribution in [2.45, 2.75) is 0 Å². The van der Waals surface area contributed by atoms with Crippen LogP contribution in [0, 0.1) is 0 Å². The van der Waals surface area contributed by atoms with Crippen molar-refractivity contribution in [2.24, 2.45) is 0 Å². The minimum atomic E-state index is -0.562. The summed E-state index contributed by atoms with van der Waals surface area (Å²) in [6, 6.07) is 25.3. The number of amides is 1. The monoisotopic (exact) mass is 381 g/mol. The lowest BCUT2D eigenvalue weighted by Gasteiger charge is -2.06. The third-order valence-corrected chi connectivity index (χ3v) is 4.76. The first kappa shape index (κ1) is 17.0. The standard InChI is InChI=1S/C24H15NO4/c26-23(16-11-5-2-6-12-16)25-20-19-22(29-21(20)15-9-3-1-4-10-15)17-13-7-8-14-18(17)28-24(19)27/h1-14H,(H,25,26). The van der Waals surface area contributed by atoms with E-state index in [1.165, 1.54) is 0 Å². The Labute approximate surface area is 165 Å². The number of fused-ring (bicyclic) bond motifs is 3. The van der Waals surface area contributed by atoms with E-state index < -0.39 is 5.63 Å². The summed E-state index contributed by atoms with van der Waals surface area (Å²) < 4.78 is 11.6. The Morgan fingerprint density at radius 2 is 1.41 bits per heavy atom. The van der Waals surface area contributed by atoms with Crippen LogP contribution in [0.5, 0.6) is 0 Å². The number of para-hydroxylation sites is 1. The molecule has 0 fully saturated rings. The first-order chi connectivity index (χ1) is 14.2. The lowest BCUT2D eigenvalue weighted by Crippen LogP contribution is -2.13. The van der Waals surface area contributed by atoms with Gasteiger partial charge in [-0.2, -0.15) is 0 Å². The first-order valence-electron chi connectivity index (χ1n) is 9.12. The summed E-state index contributed by atoms with van der Waals surface area (Å²) in [6.07, 6.45) is 0. The van der Waals surface area contributed by atoms with E-state index in [1.807, 2.05) is 48.5 Å². The third kappa shape index (κ3) is 2.89. The Morgan fingerprint density at radius 1 is 0.759 bits per heavy atom. The SMILES string of the molecule is O=C(Nc1c(-c2ccccc2)oc2c1c(=O)oc1ccccc12)c1ccccc1. The predicted molar refractivity (Wildman–Crippen MR) is 112 cm³/mol. The van der Waals surface area contributed by atoms with Crippen molar-refractivity contribution in [3.8, 4) is 11.3 Å². The number of rotatable bonds is 3. The Bertz CT molecular complexity index is 1400. The van der Waals surface area contributed by atoms with Crippen molar-refractivity contribution in [3.05, 3.63) is 101 Å². The molecule has 0 bridgehead atoms. The summed E-state index contributed by atoms with van der Waals surface area (Å²) in [5.74, 6) is 0.0755. The maximum Gasteiger partial charge on any atom is 0.349 e. The normalized spacial score (nSPS) is 11.0. The highest BCUT2D eigenvalue weighted by molar-refractivity contribution is 6.15. The molecule has 29 heavy (non-hydrogen) atoms. The van der Waals surface area contributed by atoms with E-state index in [0.717, 1.165) is 5.56 Å². The van der Waals surface area contributed by atoms with Gasteiger partial charge in [0.15, 0.2) is 11.3 Å². The van der Waals surface area contributed by atoms with Crippen LogP contribution in [-0.2, 0) is 0 Å². The number of nitrogens with one attached hydrogen (secondary N) is 1. The van der Waals surface area contributed by atoms with Gasteiger partial charge in [-0.05, 0) is 24.3 Å². The van der Waals surface area contributed by atoms with Gasteiger partial charge in [0.25, 0.3) is 5.91 Å². The number of carbonyl (C=O) groups is 1. The van der Waals surface area contributed by atoms with Crippen LogP contribution in [0.4, 0.5) is 5.69 Å². The van der Waals surface area contributed by atoms with Crippen LogP contribution >= 0.6 is 0 Å². The van der Waals surface area contributed by atoms with E-state index in [9.17, 15) is 9.59 Å². The van der Waals surface area contributed by atoms with Crippen LogP contribution in [0.25, 0.3) is 33.3 Å². The molecule has 5 rings (SSSR count). The minimum absolute atomic E-state index is 0.215. The summed E-state index contributed by atoms with van der Waals surface area (Å²) in [7, 11) is 0. The fourth-order valence-corrected chi connectivity index (χ4v) is 3.40. The van der Waals surface area contributed by atoms with Gasteiger partial charge < -0.3 is 14.2 Å². The van der Waals surface area contributed by atoms with Gasteiger partial charge in [0, 0.05) is 11.1 Å². The van der Waals surface area contributed by atoms with Gasteiger partial charge in [-0.15, -0.1) is 0 Å². The zero-order valence-corrected chi connectivity index (χ0v) is 15.2. The molecule has 0 aliphatic carbocycles. The van der Waals surface area contributed by atoms with Crippen molar-refractivity contribution < 1.29 is 13.6 Å². The molecule has 2 heterocycles. The molecule has 0 saturated heterocycles. The second-order valence-electron chi connectivity index (χ2n) is 6.58. The average molecular weight is 381 g/mol. The second kappa shape index (κ2) is 6.80. The summed E-state index contributed by atoms with van der Waals surface area (Å²) in [5, 5.41) is 3.74. The van der Waals surface area contributed by atoms with Gasteiger partial charge in [-0.1, -0.05) is 60.7 Å². The van der Waals surface area contributed by atoms with Crippen LogP contribution in [-0.4, -0.2) is 5.91 Å². The summed E-state index contributed by atoms with van der Waals surface area (Å²) in [5.41, 5.74) is 1.78. The smallest absolute Gasteiger partial charge is 0.349 e. The van der Waals surface area contributed by atoms with Crippen LogP contribution in [0.1, 0.15) is 10.4 Å². The zero-order valence-electron chi connectivity index (χ0n) is 15.2. The van der Waals surface area contributed by atoms with Gasteiger partial charge in [-0.3, -0.25) is 4.79 Å². The van der Waals surface area contributed by atoms with Crippen LogP contribution < -0.4 is 10.9 Å². The molecule has 3 aromatic carbocycles. The molecular formula is C24H15NO4. The van der Waals surface area contributed by atoms with E-state index in [1.54, 1.807) is 36.4 Å². The van der Waals surface area contributed by atoms with E-state index in [2.05, 4.69) is 5.32 Å². The van der Waals surface area contributed by atoms with Crippen molar-refractivity contribution in [1.29, 1.82) is 0 Å². The second-order valence-corrected chi connectivity index (χ2v) is 6.58. The number of hydrogen-bond acceptors (Lipinski definition) is 4. The predicted octanol–water partition coefficient (Wildman–Crippen LogP) is 5.46. The molecule has 0 aliphatic heterocycles. The molecule has 0 saturated carbocycles. The van der Waals surface area contributed by atoms with Gasteiger partial charge in [-0.25, -0.2) is 4.79 Å². The highest BCUT2D eigenvalue weighted by Gasteiger charge is 2.23. The van der Waals surface area contributed by atoms with E-state index in [0.29, 0.717) is 33.6 Å². The number of furan rings is 1. The molecule has 1 N–H and O–H groups in total. The summed E-state index contributed by atoms with van der Waals surface area (Å²) >= 11 is 0. The molecule has 5 aromatic rings. The van der Waals surface area contributed by atoms with Gasteiger partial charge in [0.05, 0.1) is 5.39 Å². The third-order valence-electron chi connectivity index (χ3n) is 4.76. The van der Waals surface area contributed by atoms with Crippen molar-refractivity contribution >= 4 is 33.5 Å². The van der Waals surface area contributed by atoms with Crippen molar-refractivity contribution in [1.82, 2.24) is 0 Å². The van der Waals surface area contributed by atoms with Gasteiger partial charge in [0.2, 0.25) is 0 Å². The van der Waals surface area contributed by atoms with Crippen molar-refractivity contribution in [3.63, 3.8) is 0 Å². The fourth-order valence-electron chi connectivity index (χ4n) is 3.40.